The van der Waals surface area contributed by atoms with Gasteiger partial charge in [0.1, 0.15) is 0 Å². The van der Waals surface area contributed by atoms with Crippen LogP contribution < -0.4 is 5.32 Å². The Bertz CT molecular complexity index is 608. The largest absolute Gasteiger partial charge is 0.342 e. The lowest BCUT2D eigenvalue weighted by Gasteiger charge is -2.32. The van der Waals surface area contributed by atoms with Crippen molar-refractivity contribution in [2.45, 2.75) is 36.3 Å². The van der Waals surface area contributed by atoms with E-state index in [1.54, 1.807) is 12.1 Å². The van der Waals surface area contributed by atoms with Crippen molar-refractivity contribution in [3.8, 4) is 0 Å². The maximum absolute atomic E-state index is 12.4. The van der Waals surface area contributed by atoms with Crippen molar-refractivity contribution in [2.24, 2.45) is 5.92 Å². The first-order valence-electron chi connectivity index (χ1n) is 7.58. The molecule has 0 aromatic heterocycles. The third-order valence-electron chi connectivity index (χ3n) is 4.13. The standard InChI is InChI=1S/C16H19ClN2O2S/c1-10-3-2-6-19(9-10)15(20)8-14-16(21)18-12-7-11(17)4-5-13(12)22-14/h4-5,7,10,14H,2-3,6,8-9H2,1H3,(H,18,21)/t10-,14-/m1/s1. The summed E-state index contributed by atoms with van der Waals surface area (Å²) in [5.74, 6) is 0.517. The van der Waals surface area contributed by atoms with Crippen LogP contribution in [0.2, 0.25) is 5.02 Å². The van der Waals surface area contributed by atoms with Crippen LogP contribution in [-0.2, 0) is 9.59 Å². The Morgan fingerprint density at radius 2 is 2.32 bits per heavy atom. The molecule has 4 nitrogen and oxygen atoms in total. The van der Waals surface area contributed by atoms with Crippen molar-refractivity contribution in [2.75, 3.05) is 18.4 Å². The third-order valence-corrected chi connectivity index (χ3v) is 5.64. The SMILES string of the molecule is C[C@@H]1CCCN(C(=O)C[C@H]2Sc3ccc(Cl)cc3NC2=O)C1. The Balaban J connectivity index is 1.67. The predicted molar refractivity (Wildman–Crippen MR) is 89.3 cm³/mol. The average molecular weight is 339 g/mol. The molecule has 0 radical (unpaired) electrons. The number of rotatable bonds is 2. The molecule has 2 aliphatic heterocycles. The van der Waals surface area contributed by atoms with E-state index in [0.717, 1.165) is 30.1 Å². The summed E-state index contributed by atoms with van der Waals surface area (Å²) in [5, 5.41) is 3.08. The van der Waals surface area contributed by atoms with Gasteiger partial charge in [0, 0.05) is 29.4 Å². The summed E-state index contributed by atoms with van der Waals surface area (Å²) in [5.41, 5.74) is 0.734. The number of halogens is 1. The Hall–Kier alpha value is -1.20. The number of likely N-dealkylation sites (tertiary alicyclic amines) is 1. The number of benzene rings is 1. The van der Waals surface area contributed by atoms with Gasteiger partial charge in [0.15, 0.2) is 0 Å². The lowest BCUT2D eigenvalue weighted by atomic mass is 10.00. The topological polar surface area (TPSA) is 49.4 Å². The smallest absolute Gasteiger partial charge is 0.238 e. The van der Waals surface area contributed by atoms with Crippen molar-refractivity contribution in [1.29, 1.82) is 0 Å². The summed E-state index contributed by atoms with van der Waals surface area (Å²) >= 11 is 7.39. The zero-order valence-electron chi connectivity index (χ0n) is 12.5. The molecule has 2 aliphatic rings. The van der Waals surface area contributed by atoms with Gasteiger partial charge in [-0.15, -0.1) is 11.8 Å². The Morgan fingerprint density at radius 1 is 1.50 bits per heavy atom. The van der Waals surface area contributed by atoms with Gasteiger partial charge in [-0.25, -0.2) is 0 Å². The molecule has 3 rings (SSSR count). The van der Waals surface area contributed by atoms with Crippen molar-refractivity contribution in [3.63, 3.8) is 0 Å². The summed E-state index contributed by atoms with van der Waals surface area (Å²) in [6.07, 6.45) is 2.49. The normalized spacial score (nSPS) is 24.6. The minimum atomic E-state index is -0.363. The number of carbonyl (C=O) groups excluding carboxylic acids is 2. The molecule has 0 spiro atoms. The van der Waals surface area contributed by atoms with Gasteiger partial charge in [0.25, 0.3) is 0 Å². The van der Waals surface area contributed by atoms with Crippen LogP contribution in [0, 0.1) is 5.92 Å². The number of thioether (sulfide) groups is 1. The second kappa shape index (κ2) is 6.50. The molecule has 2 atom stereocenters. The molecule has 1 aromatic carbocycles. The average Bonchev–Trinajstić information content (AvgIpc) is 2.48. The zero-order valence-corrected chi connectivity index (χ0v) is 14.0. The van der Waals surface area contributed by atoms with Crippen LogP contribution in [-0.4, -0.2) is 35.1 Å². The van der Waals surface area contributed by atoms with Crippen molar-refractivity contribution < 1.29 is 9.59 Å². The fourth-order valence-corrected chi connectivity index (χ4v) is 4.21. The van der Waals surface area contributed by atoms with E-state index < -0.39 is 0 Å². The first-order valence-corrected chi connectivity index (χ1v) is 8.83. The van der Waals surface area contributed by atoms with Gasteiger partial charge < -0.3 is 10.2 Å². The lowest BCUT2D eigenvalue weighted by molar-refractivity contribution is -0.134. The molecular formula is C16H19ClN2O2S. The molecule has 2 heterocycles. The van der Waals surface area contributed by atoms with E-state index in [1.807, 2.05) is 11.0 Å². The highest BCUT2D eigenvalue weighted by Gasteiger charge is 2.31. The highest BCUT2D eigenvalue weighted by molar-refractivity contribution is 8.01. The Labute approximate surface area is 139 Å². The molecule has 0 unspecified atom stereocenters. The second-order valence-corrected chi connectivity index (χ2v) is 7.71. The predicted octanol–water partition coefficient (Wildman–Crippen LogP) is 3.40. The van der Waals surface area contributed by atoms with Crippen LogP contribution >= 0.6 is 23.4 Å². The van der Waals surface area contributed by atoms with Gasteiger partial charge in [0.05, 0.1) is 10.9 Å². The molecule has 1 N–H and O–H groups in total. The summed E-state index contributed by atoms with van der Waals surface area (Å²) < 4.78 is 0. The van der Waals surface area contributed by atoms with Crippen LogP contribution in [0.15, 0.2) is 23.1 Å². The first-order chi connectivity index (χ1) is 10.5. The van der Waals surface area contributed by atoms with Gasteiger partial charge in [-0.2, -0.15) is 0 Å². The van der Waals surface area contributed by atoms with Gasteiger partial charge in [-0.1, -0.05) is 18.5 Å². The van der Waals surface area contributed by atoms with E-state index in [-0.39, 0.29) is 23.5 Å². The second-order valence-electron chi connectivity index (χ2n) is 6.03. The minimum Gasteiger partial charge on any atom is -0.342 e. The summed E-state index contributed by atoms with van der Waals surface area (Å²) in [6.45, 7) is 3.79. The molecular weight excluding hydrogens is 320 g/mol. The maximum atomic E-state index is 12.4. The number of hydrogen-bond acceptors (Lipinski definition) is 3. The molecule has 1 saturated heterocycles. The Kier molecular flexibility index (Phi) is 4.64. The van der Waals surface area contributed by atoms with Gasteiger partial charge in [-0.3, -0.25) is 9.59 Å². The van der Waals surface area contributed by atoms with E-state index in [2.05, 4.69) is 12.2 Å². The van der Waals surface area contributed by atoms with Crippen LogP contribution in [0.3, 0.4) is 0 Å². The molecule has 1 aromatic rings. The number of amides is 2. The van der Waals surface area contributed by atoms with E-state index in [4.69, 9.17) is 11.6 Å². The number of hydrogen-bond donors (Lipinski definition) is 1. The maximum Gasteiger partial charge on any atom is 0.238 e. The monoisotopic (exact) mass is 338 g/mol. The molecule has 2 amide bonds. The number of anilines is 1. The van der Waals surface area contributed by atoms with Crippen LogP contribution in [0.1, 0.15) is 26.2 Å². The number of fused-ring (bicyclic) bond motifs is 1. The quantitative estimate of drug-likeness (QED) is 0.899. The van der Waals surface area contributed by atoms with Crippen molar-refractivity contribution >= 4 is 40.9 Å². The number of carbonyl (C=O) groups is 2. The molecule has 0 saturated carbocycles. The molecule has 0 aliphatic carbocycles. The van der Waals surface area contributed by atoms with E-state index in [0.29, 0.717) is 10.9 Å². The van der Waals surface area contributed by atoms with Gasteiger partial charge in [0.2, 0.25) is 11.8 Å². The van der Waals surface area contributed by atoms with Crippen LogP contribution in [0.25, 0.3) is 0 Å². The van der Waals surface area contributed by atoms with Crippen LogP contribution in [0.4, 0.5) is 5.69 Å². The zero-order chi connectivity index (χ0) is 15.7. The van der Waals surface area contributed by atoms with E-state index >= 15 is 0 Å². The number of piperidine rings is 1. The molecule has 0 bridgehead atoms. The highest BCUT2D eigenvalue weighted by Crippen LogP contribution is 2.38. The molecule has 6 heteroatoms. The summed E-state index contributed by atoms with van der Waals surface area (Å²) in [7, 11) is 0. The van der Waals surface area contributed by atoms with Gasteiger partial charge >= 0.3 is 0 Å². The summed E-state index contributed by atoms with van der Waals surface area (Å²) in [4.78, 5) is 27.5. The lowest BCUT2D eigenvalue weighted by Crippen LogP contribution is -2.42. The molecule has 22 heavy (non-hydrogen) atoms. The first kappa shape index (κ1) is 15.7. The van der Waals surface area contributed by atoms with E-state index in [9.17, 15) is 9.59 Å². The van der Waals surface area contributed by atoms with Gasteiger partial charge in [-0.05, 0) is 37.0 Å². The van der Waals surface area contributed by atoms with E-state index in [1.165, 1.54) is 18.2 Å². The van der Waals surface area contributed by atoms with Crippen LogP contribution in [0.5, 0.6) is 0 Å². The fourth-order valence-electron chi connectivity index (χ4n) is 2.96. The molecule has 118 valence electrons. The number of nitrogens with zero attached hydrogens (tertiary/aromatic N) is 1. The highest BCUT2D eigenvalue weighted by atomic mass is 35.5. The minimum absolute atomic E-state index is 0.0802. The fraction of sp³-hybridized carbons (Fsp3) is 0.500. The van der Waals surface area contributed by atoms with Crippen molar-refractivity contribution in [3.05, 3.63) is 23.2 Å². The number of nitrogens with one attached hydrogen (secondary N) is 1. The van der Waals surface area contributed by atoms with Crippen molar-refractivity contribution in [1.82, 2.24) is 4.90 Å². The molecule has 1 fully saturated rings. The Morgan fingerprint density at radius 3 is 3.09 bits per heavy atom. The summed E-state index contributed by atoms with van der Waals surface area (Å²) in [6, 6.07) is 5.43. The third kappa shape index (κ3) is 3.41.